The van der Waals surface area contributed by atoms with Gasteiger partial charge in [-0.2, -0.15) is 0 Å². The molecule has 1 aromatic heterocycles. The number of fused-ring (bicyclic) bond motifs is 1. The van der Waals surface area contributed by atoms with Crippen LogP contribution < -0.4 is 5.32 Å². The number of benzene rings is 2. The molecule has 1 unspecified atom stereocenters. The van der Waals surface area contributed by atoms with Gasteiger partial charge in [-0.3, -0.25) is 9.59 Å². The molecule has 180 valence electrons. The number of ether oxygens (including phenoxy) is 1. The molecule has 7 nitrogen and oxygen atoms in total. The predicted octanol–water partition coefficient (Wildman–Crippen LogP) is 4.56. The average molecular weight is 468 g/mol. The van der Waals surface area contributed by atoms with Gasteiger partial charge in [0.2, 0.25) is 11.8 Å². The van der Waals surface area contributed by atoms with Crippen LogP contribution in [0.1, 0.15) is 50.3 Å². The molecule has 2 amide bonds. The van der Waals surface area contributed by atoms with Crippen LogP contribution in [-0.2, 0) is 9.53 Å². The number of rotatable bonds is 5. The highest BCUT2D eigenvalue weighted by molar-refractivity contribution is 5.94. The van der Waals surface area contributed by atoms with Gasteiger partial charge < -0.3 is 19.4 Å². The first-order chi connectivity index (χ1) is 16.5. The van der Waals surface area contributed by atoms with Crippen LogP contribution in [0.15, 0.2) is 46.9 Å². The first-order valence-electron chi connectivity index (χ1n) is 11.8. The summed E-state index contributed by atoms with van der Waals surface area (Å²) in [7, 11) is 1.74. The Balaban J connectivity index is 0.00000289. The summed E-state index contributed by atoms with van der Waals surface area (Å²) in [6, 6.07) is 11.6. The summed E-state index contributed by atoms with van der Waals surface area (Å²) in [5.41, 5.74) is 1.71. The lowest BCUT2D eigenvalue weighted by atomic mass is 9.89. The van der Waals surface area contributed by atoms with E-state index in [2.05, 4.69) is 10.3 Å². The summed E-state index contributed by atoms with van der Waals surface area (Å²) in [6.45, 7) is 0.629. The monoisotopic (exact) mass is 467 g/mol. The summed E-state index contributed by atoms with van der Waals surface area (Å²) in [6.07, 6.45) is 4.61. The fourth-order valence-corrected chi connectivity index (χ4v) is 4.90. The number of carbonyl (C=O) groups is 2. The van der Waals surface area contributed by atoms with Gasteiger partial charge in [0.25, 0.3) is 5.91 Å². The summed E-state index contributed by atoms with van der Waals surface area (Å²) in [4.78, 5) is 31.6. The van der Waals surface area contributed by atoms with Crippen LogP contribution in [0.25, 0.3) is 22.6 Å². The van der Waals surface area contributed by atoms with E-state index in [1.54, 1.807) is 30.1 Å². The first kappa shape index (κ1) is 22.5. The van der Waals surface area contributed by atoms with E-state index in [-0.39, 0.29) is 48.4 Å². The molecular weight excluding hydrogens is 437 g/mol. The fourth-order valence-electron chi connectivity index (χ4n) is 4.90. The molecule has 3 atom stereocenters. The van der Waals surface area contributed by atoms with Crippen molar-refractivity contribution in [1.82, 2.24) is 15.2 Å². The van der Waals surface area contributed by atoms with Crippen molar-refractivity contribution < 1.29 is 24.6 Å². The first-order valence-corrected chi connectivity index (χ1v) is 11.8. The van der Waals surface area contributed by atoms with Gasteiger partial charge >= 0.3 is 0 Å². The van der Waals surface area contributed by atoms with Crippen molar-refractivity contribution in [2.45, 2.75) is 56.7 Å². The second-order valence-electron chi connectivity index (χ2n) is 9.13. The Morgan fingerprint density at radius 1 is 1.15 bits per heavy atom. The molecule has 1 saturated heterocycles. The molecule has 0 radical (unpaired) electrons. The average Bonchev–Trinajstić information content (AvgIpc) is 3.53. The Bertz CT molecular complexity index is 1180. The van der Waals surface area contributed by atoms with Crippen molar-refractivity contribution in [3.8, 4) is 11.5 Å². The minimum atomic E-state index is -0.559. The third-order valence-electron chi connectivity index (χ3n) is 6.82. The van der Waals surface area contributed by atoms with E-state index < -0.39 is 5.82 Å². The topological polar surface area (TPSA) is 84.7 Å². The summed E-state index contributed by atoms with van der Waals surface area (Å²) in [5, 5.41) is 3.09. The third kappa shape index (κ3) is 4.55. The zero-order valence-corrected chi connectivity index (χ0v) is 19.1. The number of carbonyl (C=O) groups excluding carboxylic acids is 2. The molecule has 34 heavy (non-hydrogen) atoms. The maximum Gasteiger partial charge on any atom is 0.253 e. The van der Waals surface area contributed by atoms with Crippen molar-refractivity contribution in [2.75, 3.05) is 13.7 Å². The summed E-state index contributed by atoms with van der Waals surface area (Å²) >= 11 is 0. The highest BCUT2D eigenvalue weighted by Crippen LogP contribution is 2.28. The number of hydrogen-bond acceptors (Lipinski definition) is 5. The van der Waals surface area contributed by atoms with Gasteiger partial charge in [-0.05, 0) is 68.9 Å². The van der Waals surface area contributed by atoms with Gasteiger partial charge in [0.1, 0.15) is 17.4 Å². The van der Waals surface area contributed by atoms with Gasteiger partial charge in [-0.15, -0.1) is 0 Å². The Morgan fingerprint density at radius 2 is 2.00 bits per heavy atom. The largest absolute Gasteiger partial charge is 0.436 e. The van der Waals surface area contributed by atoms with Gasteiger partial charge in [0.05, 0.1) is 5.56 Å². The van der Waals surface area contributed by atoms with E-state index in [0.29, 0.717) is 24.1 Å². The maximum absolute atomic E-state index is 15.0. The van der Waals surface area contributed by atoms with Crippen molar-refractivity contribution in [2.24, 2.45) is 0 Å². The minimum Gasteiger partial charge on any atom is -0.436 e. The molecular formula is C26H30FN3O4. The molecule has 8 heteroatoms. The molecule has 1 aliphatic carbocycles. The minimum absolute atomic E-state index is 0. The maximum atomic E-state index is 15.0. The van der Waals surface area contributed by atoms with Crippen LogP contribution in [0.2, 0.25) is 0 Å². The SMILES string of the molecule is CN(C(=O)c1ccc(-c2nc3ccccc3o2)c(F)c1)[C@@H]1CCC[C@H](NC(=O)C2CCCO2)C1.[HH]. The molecule has 2 aliphatic rings. The number of aromatic nitrogens is 1. The molecule has 2 aromatic carbocycles. The van der Waals surface area contributed by atoms with E-state index in [1.165, 1.54) is 12.1 Å². The third-order valence-corrected chi connectivity index (χ3v) is 6.82. The van der Waals surface area contributed by atoms with Crippen LogP contribution in [-0.4, -0.2) is 53.5 Å². The van der Waals surface area contributed by atoms with E-state index >= 15 is 0 Å². The van der Waals surface area contributed by atoms with E-state index in [4.69, 9.17) is 9.15 Å². The van der Waals surface area contributed by atoms with E-state index in [1.807, 2.05) is 12.1 Å². The zero-order chi connectivity index (χ0) is 23.7. The summed E-state index contributed by atoms with van der Waals surface area (Å²) < 4.78 is 26.1. The van der Waals surface area contributed by atoms with Crippen LogP contribution in [0.3, 0.4) is 0 Å². The highest BCUT2D eigenvalue weighted by Gasteiger charge is 2.31. The number of amides is 2. The van der Waals surface area contributed by atoms with E-state index in [9.17, 15) is 14.0 Å². The molecule has 1 N–H and O–H groups in total. The quantitative estimate of drug-likeness (QED) is 0.595. The van der Waals surface area contributed by atoms with Crippen molar-refractivity contribution in [1.29, 1.82) is 0 Å². The zero-order valence-electron chi connectivity index (χ0n) is 19.1. The molecule has 0 spiro atoms. The molecule has 0 bridgehead atoms. The number of para-hydroxylation sites is 2. The lowest BCUT2D eigenvalue weighted by Crippen LogP contribution is -2.48. The smallest absolute Gasteiger partial charge is 0.253 e. The molecule has 5 rings (SSSR count). The van der Waals surface area contributed by atoms with Gasteiger partial charge in [-0.1, -0.05) is 12.1 Å². The standard InChI is InChI=1S/C26H28FN3O4.H2/c1-30(18-7-4-6-17(15-18)28-24(31)23-10-5-13-33-23)26(32)16-11-12-19(20(27)14-16)25-29-21-8-2-3-9-22(21)34-25;/h2-3,8-9,11-12,14,17-18,23H,4-7,10,13,15H2,1H3,(H,28,31);1H/t17-,18+,23?;/m0./s1. The highest BCUT2D eigenvalue weighted by atomic mass is 19.1. The molecule has 2 fully saturated rings. The van der Waals surface area contributed by atoms with Gasteiger partial charge in [-0.25, -0.2) is 9.37 Å². The van der Waals surface area contributed by atoms with Crippen LogP contribution in [0.5, 0.6) is 0 Å². The number of nitrogens with zero attached hydrogens (tertiary/aromatic N) is 2. The van der Waals surface area contributed by atoms with Crippen molar-refractivity contribution in [3.63, 3.8) is 0 Å². The number of nitrogens with one attached hydrogen (secondary N) is 1. The Kier molecular flexibility index (Phi) is 6.32. The number of oxazole rings is 1. The van der Waals surface area contributed by atoms with Crippen LogP contribution >= 0.6 is 0 Å². The number of hydrogen-bond donors (Lipinski definition) is 1. The molecule has 2 heterocycles. The number of halogens is 1. The molecule has 1 aliphatic heterocycles. The second kappa shape index (κ2) is 9.54. The van der Waals surface area contributed by atoms with Crippen molar-refractivity contribution >= 4 is 22.9 Å². The van der Waals surface area contributed by atoms with Gasteiger partial charge in [0, 0.05) is 32.7 Å². The van der Waals surface area contributed by atoms with Crippen LogP contribution in [0.4, 0.5) is 4.39 Å². The van der Waals surface area contributed by atoms with Crippen LogP contribution in [0, 0.1) is 5.82 Å². The normalized spacial score (nSPS) is 22.6. The van der Waals surface area contributed by atoms with E-state index in [0.717, 1.165) is 32.1 Å². The predicted molar refractivity (Wildman–Crippen MR) is 127 cm³/mol. The lowest BCUT2D eigenvalue weighted by Gasteiger charge is -2.36. The van der Waals surface area contributed by atoms with Crippen molar-refractivity contribution in [3.05, 3.63) is 53.8 Å². The Labute approximate surface area is 198 Å². The lowest BCUT2D eigenvalue weighted by molar-refractivity contribution is -0.131. The second-order valence-corrected chi connectivity index (χ2v) is 9.13. The van der Waals surface area contributed by atoms with Gasteiger partial charge in [0.15, 0.2) is 5.58 Å². The Morgan fingerprint density at radius 3 is 2.76 bits per heavy atom. The molecule has 1 saturated carbocycles. The fraction of sp³-hybridized carbons (Fsp3) is 0.423. The summed E-state index contributed by atoms with van der Waals surface area (Å²) in [5.74, 6) is -0.688. The molecule has 3 aromatic rings. The Hall–Kier alpha value is -3.26.